The van der Waals surface area contributed by atoms with Crippen molar-refractivity contribution in [2.45, 2.75) is 65.1 Å². The maximum absolute atomic E-state index is 12.6. The summed E-state index contributed by atoms with van der Waals surface area (Å²) in [5, 5.41) is 3.89. The van der Waals surface area contributed by atoms with E-state index in [0.29, 0.717) is 13.2 Å². The number of carbonyl (C=O) groups is 1. The molecule has 2 aromatic carbocycles. The number of amides is 1. The second kappa shape index (κ2) is 10.6. The molecule has 1 aromatic heterocycles. The number of fused-ring (bicyclic) bond motifs is 1. The number of benzene rings is 2. The third-order valence-corrected chi connectivity index (χ3v) is 6.70. The van der Waals surface area contributed by atoms with Gasteiger partial charge >= 0.3 is 0 Å². The predicted octanol–water partition coefficient (Wildman–Crippen LogP) is 5.52. The van der Waals surface area contributed by atoms with Gasteiger partial charge in [-0.25, -0.2) is 4.98 Å². The summed E-state index contributed by atoms with van der Waals surface area (Å²) in [7, 11) is 0. The molecule has 176 valence electrons. The Hall–Kier alpha value is -2.57. The third kappa shape index (κ3) is 5.50. The molecule has 1 aliphatic rings. The molecule has 1 fully saturated rings. The van der Waals surface area contributed by atoms with E-state index >= 15 is 0 Å². The Bertz CT molecular complexity index is 1100. The van der Waals surface area contributed by atoms with Crippen molar-refractivity contribution < 1.29 is 14.3 Å². The van der Waals surface area contributed by atoms with Gasteiger partial charge in [0.1, 0.15) is 17.7 Å². The van der Waals surface area contributed by atoms with Crippen molar-refractivity contribution in [2.75, 3.05) is 13.2 Å². The van der Waals surface area contributed by atoms with Crippen LogP contribution in [0.1, 0.15) is 55.6 Å². The average molecular weight is 470 g/mol. The minimum absolute atomic E-state index is 0.0550. The molecule has 1 N–H and O–H groups in total. The first kappa shape index (κ1) is 23.6. The van der Waals surface area contributed by atoms with Gasteiger partial charge in [0.25, 0.3) is 0 Å². The minimum atomic E-state index is -0.345. The highest BCUT2D eigenvalue weighted by atomic mass is 35.5. The molecular weight excluding hydrogens is 438 g/mol. The lowest BCUT2D eigenvalue weighted by Crippen LogP contribution is -2.36. The van der Waals surface area contributed by atoms with Crippen molar-refractivity contribution in [1.29, 1.82) is 0 Å². The van der Waals surface area contributed by atoms with Crippen molar-refractivity contribution >= 4 is 28.5 Å². The lowest BCUT2D eigenvalue weighted by molar-refractivity contribution is -0.130. The van der Waals surface area contributed by atoms with Gasteiger partial charge < -0.3 is 19.4 Å². The van der Waals surface area contributed by atoms with Crippen molar-refractivity contribution in [2.24, 2.45) is 0 Å². The van der Waals surface area contributed by atoms with E-state index in [4.69, 9.17) is 26.1 Å². The van der Waals surface area contributed by atoms with E-state index in [0.717, 1.165) is 71.0 Å². The zero-order valence-corrected chi connectivity index (χ0v) is 20.3. The number of aryl methyl sites for hydroxylation is 3. The molecule has 0 aliphatic carbocycles. The Labute approximate surface area is 200 Å². The van der Waals surface area contributed by atoms with Crippen LogP contribution in [0.25, 0.3) is 11.0 Å². The van der Waals surface area contributed by atoms with Crippen molar-refractivity contribution in [3.05, 3.63) is 58.4 Å². The number of halogens is 1. The van der Waals surface area contributed by atoms with Gasteiger partial charge in [0.15, 0.2) is 0 Å². The molecule has 2 unspecified atom stereocenters. The van der Waals surface area contributed by atoms with Crippen LogP contribution >= 0.6 is 11.6 Å². The first-order valence-corrected chi connectivity index (χ1v) is 12.1. The summed E-state index contributed by atoms with van der Waals surface area (Å²) in [6.45, 7) is 8.06. The fourth-order valence-corrected chi connectivity index (χ4v) is 4.48. The van der Waals surface area contributed by atoms with Crippen LogP contribution in [0.15, 0.2) is 36.4 Å². The van der Waals surface area contributed by atoms with Crippen LogP contribution in [0.4, 0.5) is 0 Å². The SMILES string of the molecule is Cc1cc(OCCCCn2c(C(C)NC(=O)C3CCCO3)nc3ccccc32)cc(C)c1Cl. The Kier molecular flexibility index (Phi) is 7.56. The molecule has 1 saturated heterocycles. The van der Waals surface area contributed by atoms with Crippen molar-refractivity contribution in [3.63, 3.8) is 0 Å². The van der Waals surface area contributed by atoms with Gasteiger partial charge in [0.2, 0.25) is 5.91 Å². The lowest BCUT2D eigenvalue weighted by Gasteiger charge is -2.18. The monoisotopic (exact) mass is 469 g/mol. The number of nitrogens with one attached hydrogen (secondary N) is 1. The van der Waals surface area contributed by atoms with E-state index in [9.17, 15) is 4.79 Å². The van der Waals surface area contributed by atoms with Gasteiger partial charge in [-0.05, 0) is 81.8 Å². The van der Waals surface area contributed by atoms with Crippen LogP contribution in [-0.2, 0) is 16.1 Å². The van der Waals surface area contributed by atoms with Crippen molar-refractivity contribution in [1.82, 2.24) is 14.9 Å². The van der Waals surface area contributed by atoms with E-state index in [1.807, 2.05) is 51.1 Å². The van der Waals surface area contributed by atoms with Gasteiger partial charge in [0.05, 0.1) is 23.7 Å². The summed E-state index contributed by atoms with van der Waals surface area (Å²) in [6.07, 6.45) is 3.21. The summed E-state index contributed by atoms with van der Waals surface area (Å²) in [6, 6.07) is 11.9. The molecule has 4 rings (SSSR count). The van der Waals surface area contributed by atoms with E-state index in [2.05, 4.69) is 16.0 Å². The number of para-hydroxylation sites is 2. The standard InChI is InChI=1S/C26H32ClN3O3/c1-17-15-20(16-18(2)24(17)27)32-13-7-6-12-30-22-10-5-4-9-21(22)29-25(30)19(3)28-26(31)23-11-8-14-33-23/h4-5,9-10,15-16,19,23H,6-8,11-14H2,1-3H3,(H,28,31). The molecule has 0 bridgehead atoms. The van der Waals surface area contributed by atoms with Crippen LogP contribution in [0.3, 0.4) is 0 Å². The number of aromatic nitrogens is 2. The first-order chi connectivity index (χ1) is 15.9. The van der Waals surface area contributed by atoms with Gasteiger partial charge in [-0.2, -0.15) is 0 Å². The van der Waals surface area contributed by atoms with E-state index in [1.165, 1.54) is 0 Å². The van der Waals surface area contributed by atoms with Crippen LogP contribution in [0.5, 0.6) is 5.75 Å². The molecule has 6 nitrogen and oxygen atoms in total. The molecule has 3 aromatic rings. The number of nitrogens with zero attached hydrogens (tertiary/aromatic N) is 2. The Morgan fingerprint density at radius 1 is 1.27 bits per heavy atom. The van der Waals surface area contributed by atoms with Crippen LogP contribution < -0.4 is 10.1 Å². The zero-order chi connectivity index (χ0) is 23.4. The first-order valence-electron chi connectivity index (χ1n) is 11.7. The quantitative estimate of drug-likeness (QED) is 0.419. The highest BCUT2D eigenvalue weighted by Crippen LogP contribution is 2.26. The Morgan fingerprint density at radius 2 is 2.03 bits per heavy atom. The number of hydrogen-bond donors (Lipinski definition) is 1. The molecule has 0 radical (unpaired) electrons. The van der Waals surface area contributed by atoms with E-state index < -0.39 is 0 Å². The molecule has 2 atom stereocenters. The molecule has 33 heavy (non-hydrogen) atoms. The number of unbranched alkanes of at least 4 members (excludes halogenated alkanes) is 1. The summed E-state index contributed by atoms with van der Waals surface area (Å²) in [4.78, 5) is 17.4. The van der Waals surface area contributed by atoms with Crippen LogP contribution in [0, 0.1) is 13.8 Å². The maximum Gasteiger partial charge on any atom is 0.249 e. The highest BCUT2D eigenvalue weighted by Gasteiger charge is 2.26. The van der Waals surface area contributed by atoms with E-state index in [-0.39, 0.29) is 18.1 Å². The number of carbonyl (C=O) groups excluding carboxylic acids is 1. The molecule has 0 saturated carbocycles. The van der Waals surface area contributed by atoms with Crippen molar-refractivity contribution in [3.8, 4) is 5.75 Å². The zero-order valence-electron chi connectivity index (χ0n) is 19.6. The molecule has 7 heteroatoms. The van der Waals surface area contributed by atoms with Gasteiger partial charge in [-0.3, -0.25) is 4.79 Å². The van der Waals surface area contributed by atoms with Gasteiger partial charge in [-0.15, -0.1) is 0 Å². The largest absolute Gasteiger partial charge is 0.494 e. The number of ether oxygens (including phenoxy) is 2. The molecule has 1 amide bonds. The minimum Gasteiger partial charge on any atom is -0.494 e. The Balaban J connectivity index is 1.38. The van der Waals surface area contributed by atoms with Gasteiger partial charge in [-0.1, -0.05) is 23.7 Å². The lowest BCUT2D eigenvalue weighted by atomic mass is 10.1. The molecule has 1 aliphatic heterocycles. The number of imidazole rings is 1. The van der Waals surface area contributed by atoms with E-state index in [1.54, 1.807) is 0 Å². The second-order valence-electron chi connectivity index (χ2n) is 8.77. The summed E-state index contributed by atoms with van der Waals surface area (Å²) in [5.41, 5.74) is 4.07. The summed E-state index contributed by atoms with van der Waals surface area (Å²) < 4.78 is 13.7. The Morgan fingerprint density at radius 3 is 2.76 bits per heavy atom. The molecule has 0 spiro atoms. The predicted molar refractivity (Wildman–Crippen MR) is 131 cm³/mol. The highest BCUT2D eigenvalue weighted by molar-refractivity contribution is 6.32. The van der Waals surface area contributed by atoms with Crippen LogP contribution in [0.2, 0.25) is 5.02 Å². The molecule has 2 heterocycles. The maximum atomic E-state index is 12.6. The summed E-state index contributed by atoms with van der Waals surface area (Å²) >= 11 is 6.25. The van der Waals surface area contributed by atoms with Crippen LogP contribution in [-0.4, -0.2) is 34.8 Å². The fraction of sp³-hybridized carbons (Fsp3) is 0.462. The smallest absolute Gasteiger partial charge is 0.249 e. The number of hydrogen-bond acceptors (Lipinski definition) is 4. The van der Waals surface area contributed by atoms with Gasteiger partial charge in [0, 0.05) is 18.2 Å². The summed E-state index contributed by atoms with van der Waals surface area (Å²) in [5.74, 6) is 1.67. The normalized spacial score (nSPS) is 16.8. The fourth-order valence-electron chi connectivity index (χ4n) is 4.37. The average Bonchev–Trinajstić information content (AvgIpc) is 3.46. The second-order valence-corrected chi connectivity index (χ2v) is 9.15. The third-order valence-electron chi connectivity index (χ3n) is 6.11. The number of rotatable bonds is 9. The topological polar surface area (TPSA) is 65.4 Å². The molecular formula is C26H32ClN3O3.